The van der Waals surface area contributed by atoms with E-state index in [9.17, 15) is 0 Å². The first-order valence-electron chi connectivity index (χ1n) is 21.1. The summed E-state index contributed by atoms with van der Waals surface area (Å²) in [6.45, 7) is 28.3. The van der Waals surface area contributed by atoms with Crippen molar-refractivity contribution in [2.75, 3.05) is 30.4 Å². The topological polar surface area (TPSA) is 133 Å². The summed E-state index contributed by atoms with van der Waals surface area (Å²) in [5.74, 6) is 0.959. The Morgan fingerprint density at radius 1 is 0.526 bits per heavy atom. The Labute approximate surface area is 342 Å². The van der Waals surface area contributed by atoms with Crippen LogP contribution in [0.5, 0.6) is 5.75 Å². The highest BCUT2D eigenvalue weighted by Crippen LogP contribution is 2.50. The number of hydrogen-bond acceptors (Lipinski definition) is 8. The summed E-state index contributed by atoms with van der Waals surface area (Å²) < 4.78 is 11.6. The first kappa shape index (κ1) is 40.6. The maximum absolute atomic E-state index is 6.01. The van der Waals surface area contributed by atoms with Crippen molar-refractivity contribution < 1.29 is 9.47 Å². The van der Waals surface area contributed by atoms with Crippen molar-refractivity contribution in [3.8, 4) is 5.75 Å². The quantitative estimate of drug-likeness (QED) is 0.125. The summed E-state index contributed by atoms with van der Waals surface area (Å²) in [6, 6.07) is 18.5. The van der Waals surface area contributed by atoms with Gasteiger partial charge in [-0.05, 0) is 123 Å². The lowest BCUT2D eigenvalue weighted by Gasteiger charge is -2.49. The lowest BCUT2D eigenvalue weighted by atomic mass is 9.67. The van der Waals surface area contributed by atoms with Gasteiger partial charge in [0.1, 0.15) is 5.75 Å². The molecule has 0 unspecified atom stereocenters. The zero-order valence-corrected chi connectivity index (χ0v) is 35.6. The van der Waals surface area contributed by atoms with Gasteiger partial charge in [0.05, 0.1) is 36.4 Å². The van der Waals surface area contributed by atoms with E-state index in [4.69, 9.17) is 26.7 Å². The van der Waals surface area contributed by atoms with Crippen LogP contribution in [-0.2, 0) is 34.4 Å². The van der Waals surface area contributed by atoms with Gasteiger partial charge in [0.2, 0.25) is 0 Å². The molecule has 5 aliphatic heterocycles. The number of allylic oxidation sites excluding steroid dienone is 3. The van der Waals surface area contributed by atoms with E-state index in [1.807, 2.05) is 30.3 Å². The molecule has 57 heavy (non-hydrogen) atoms. The van der Waals surface area contributed by atoms with Gasteiger partial charge >= 0.3 is 0 Å². The molecule has 1 aliphatic carbocycles. The van der Waals surface area contributed by atoms with Crippen molar-refractivity contribution in [3.63, 3.8) is 0 Å². The molecule has 3 spiro atoms. The normalized spacial score (nSPS) is 28.7. The van der Waals surface area contributed by atoms with Gasteiger partial charge in [0.25, 0.3) is 0 Å². The molecule has 3 aromatic carbocycles. The zero-order chi connectivity index (χ0) is 41.0. The zero-order valence-electron chi connectivity index (χ0n) is 35.6. The van der Waals surface area contributed by atoms with E-state index in [2.05, 4.69) is 101 Å². The monoisotopic (exact) mass is 773 g/mol. The molecule has 0 bridgehead atoms. The van der Waals surface area contributed by atoms with Crippen LogP contribution in [0.1, 0.15) is 127 Å². The molecule has 8 heteroatoms. The summed E-state index contributed by atoms with van der Waals surface area (Å²) in [6.07, 6.45) is 11.3. The molecule has 0 aromatic heterocycles. The number of nitrogens with one attached hydrogen (secondary N) is 3. The smallest absolute Gasteiger partial charge is 0.124 e. The van der Waals surface area contributed by atoms with Gasteiger partial charge in [-0.3, -0.25) is 0 Å². The second kappa shape index (κ2) is 14.7. The van der Waals surface area contributed by atoms with Gasteiger partial charge in [0.15, 0.2) is 0 Å². The number of nitrogens with two attached hydrogens (primary N) is 3. The van der Waals surface area contributed by atoms with Crippen LogP contribution in [0, 0.1) is 16.2 Å². The minimum atomic E-state index is -0.143. The summed E-state index contributed by atoms with van der Waals surface area (Å²) in [7, 11) is 0. The Morgan fingerprint density at radius 3 is 1.54 bits per heavy atom. The van der Waals surface area contributed by atoms with E-state index in [1.54, 1.807) is 0 Å². The number of hydrogen-bond donors (Lipinski definition) is 6. The molecule has 9 rings (SSSR count). The molecule has 0 amide bonds. The Kier molecular flexibility index (Phi) is 10.5. The summed E-state index contributed by atoms with van der Waals surface area (Å²) in [4.78, 5) is 0. The minimum absolute atomic E-state index is 0.0461. The number of fused-ring (bicyclic) bond motifs is 6. The number of rotatable bonds is 0. The number of nitrogen functional groups attached to an aromatic ring is 3. The Balaban J connectivity index is 0.000000131. The van der Waals surface area contributed by atoms with Crippen LogP contribution in [0.2, 0.25) is 0 Å². The van der Waals surface area contributed by atoms with E-state index in [1.165, 1.54) is 65.6 Å². The second-order valence-electron chi connectivity index (χ2n) is 19.7. The lowest BCUT2D eigenvalue weighted by Crippen LogP contribution is -2.54. The molecular weight excluding hydrogens is 705 g/mol. The lowest BCUT2D eigenvalue weighted by molar-refractivity contribution is 0.0180. The second-order valence-corrected chi connectivity index (χ2v) is 19.7. The van der Waals surface area contributed by atoms with Crippen molar-refractivity contribution in [2.45, 2.75) is 129 Å². The van der Waals surface area contributed by atoms with Crippen LogP contribution in [0.4, 0.5) is 17.1 Å². The van der Waals surface area contributed by atoms with E-state index < -0.39 is 0 Å². The van der Waals surface area contributed by atoms with E-state index in [-0.39, 0.29) is 32.9 Å². The largest absolute Gasteiger partial charge is 0.493 e. The van der Waals surface area contributed by atoms with Crippen LogP contribution in [0.15, 0.2) is 91.4 Å². The van der Waals surface area contributed by atoms with Crippen molar-refractivity contribution in [2.24, 2.45) is 16.2 Å². The summed E-state index contributed by atoms with van der Waals surface area (Å²) in [5, 5.41) is 11.1. The molecule has 5 heterocycles. The number of ether oxygens (including phenoxy) is 2. The summed E-state index contributed by atoms with van der Waals surface area (Å²) >= 11 is 0. The van der Waals surface area contributed by atoms with Crippen molar-refractivity contribution >= 4 is 17.1 Å². The Morgan fingerprint density at radius 2 is 0.982 bits per heavy atom. The molecule has 6 aliphatic rings. The summed E-state index contributed by atoms with van der Waals surface area (Å²) in [5.41, 5.74) is 30.8. The highest BCUT2D eigenvalue weighted by Gasteiger charge is 2.46. The Bertz CT molecular complexity index is 1830. The third-order valence-electron chi connectivity index (χ3n) is 14.4. The molecule has 9 N–H and O–H groups in total. The van der Waals surface area contributed by atoms with Crippen LogP contribution in [0.3, 0.4) is 0 Å². The SMILES string of the molecule is C=C1N[C@@]2(CCCc3ccc(N)cc32)CCC1(C)C.C=C1N[C@@]2(CCOc3ccc(N)cc32)CCC1(C)C.C=C1N[C@]2(CCC1(C)C)COCc1ccc(N)cc12. The average molecular weight is 773 g/mol. The first-order chi connectivity index (χ1) is 26.8. The maximum atomic E-state index is 6.01. The average Bonchev–Trinajstić information content (AvgIpc) is 3.16. The van der Waals surface area contributed by atoms with Crippen LogP contribution < -0.4 is 37.9 Å². The van der Waals surface area contributed by atoms with Gasteiger partial charge in [-0.2, -0.15) is 0 Å². The third-order valence-corrected chi connectivity index (χ3v) is 14.4. The highest BCUT2D eigenvalue weighted by molar-refractivity contribution is 5.53. The van der Waals surface area contributed by atoms with Crippen LogP contribution in [-0.4, -0.2) is 13.2 Å². The van der Waals surface area contributed by atoms with Crippen molar-refractivity contribution in [3.05, 3.63) is 119 Å². The number of piperidine rings is 3. The molecule has 306 valence electrons. The molecule has 8 nitrogen and oxygen atoms in total. The fourth-order valence-electron chi connectivity index (χ4n) is 9.75. The van der Waals surface area contributed by atoms with Crippen LogP contribution >= 0.6 is 0 Å². The molecule has 3 saturated heterocycles. The standard InChI is InChI=1S/C17H24N2.2C16H22N2O/c1-12-16(2,3)9-10-17(19-12)8-4-5-13-6-7-14(18)11-15(13)17;1-11-15(2,3)6-7-16(18-11)10-19-9-12-4-5-13(17)8-14(12)16;1-11-15(2,3)6-7-16(18-11)8-9-19-14-5-4-12(17)10-13(14)16/h6-7,11,19H,1,4-5,8-10,18H2,2-3H3;4-5,8,18H,1,6-7,9-10,17H2,2-3H3;4-5,10,18H,1,6-9,17H2,2-3H3/t17-;2*16-/m011/s1. The van der Waals surface area contributed by atoms with Crippen LogP contribution in [0.25, 0.3) is 0 Å². The number of benzene rings is 3. The van der Waals surface area contributed by atoms with Gasteiger partial charge < -0.3 is 42.6 Å². The molecule has 3 aromatic rings. The van der Waals surface area contributed by atoms with Gasteiger partial charge in [-0.1, -0.05) is 73.4 Å². The van der Waals surface area contributed by atoms with Crippen molar-refractivity contribution in [1.82, 2.24) is 16.0 Å². The van der Waals surface area contributed by atoms with E-state index >= 15 is 0 Å². The van der Waals surface area contributed by atoms with Gasteiger partial charge in [0, 0.05) is 62.4 Å². The van der Waals surface area contributed by atoms with E-state index in [0.717, 1.165) is 72.9 Å². The minimum Gasteiger partial charge on any atom is -0.493 e. The predicted molar refractivity (Wildman–Crippen MR) is 236 cm³/mol. The fraction of sp³-hybridized carbons (Fsp3) is 0.510. The fourth-order valence-corrected chi connectivity index (χ4v) is 9.75. The molecule has 0 saturated carbocycles. The molecule has 3 fully saturated rings. The number of aryl methyl sites for hydroxylation is 1. The molecule has 0 radical (unpaired) electrons. The predicted octanol–water partition coefficient (Wildman–Crippen LogP) is 9.81. The number of anilines is 3. The van der Waals surface area contributed by atoms with Gasteiger partial charge in [-0.25, -0.2) is 0 Å². The maximum Gasteiger partial charge on any atom is 0.124 e. The molecule has 3 atom stereocenters. The van der Waals surface area contributed by atoms with Crippen molar-refractivity contribution in [1.29, 1.82) is 0 Å². The van der Waals surface area contributed by atoms with Gasteiger partial charge in [-0.15, -0.1) is 0 Å². The Hall–Kier alpha value is -4.56. The first-order valence-corrected chi connectivity index (χ1v) is 21.1. The third kappa shape index (κ3) is 7.74. The van der Waals surface area contributed by atoms with E-state index in [0.29, 0.717) is 13.2 Å². The highest BCUT2D eigenvalue weighted by atomic mass is 16.5. The molecular formula is C49H68N6O2.